The van der Waals surface area contributed by atoms with Gasteiger partial charge in [0.15, 0.2) is 0 Å². The summed E-state index contributed by atoms with van der Waals surface area (Å²) >= 11 is 5.93. The maximum atomic E-state index is 12.1. The van der Waals surface area contributed by atoms with Crippen molar-refractivity contribution in [2.75, 3.05) is 26.2 Å². The third kappa shape index (κ3) is 5.47. The largest absolute Gasteiger partial charge is 0.351 e. The smallest absolute Gasteiger partial charge is 0.261 e. The molecule has 118 valence electrons. The van der Waals surface area contributed by atoms with E-state index >= 15 is 0 Å². The molecule has 1 aromatic rings. The first kappa shape index (κ1) is 18.2. The Hall–Kier alpha value is -0.820. The molecular formula is C13H18Cl2N2O3S. The molecule has 8 heteroatoms. The Morgan fingerprint density at radius 1 is 1.29 bits per heavy atom. The normalized spacial score (nSPS) is 11.7. The monoisotopic (exact) mass is 352 g/mol. The Bertz CT molecular complexity index is 601. The van der Waals surface area contributed by atoms with Gasteiger partial charge in [0.1, 0.15) is 0 Å². The van der Waals surface area contributed by atoms with Crippen LogP contribution in [0.3, 0.4) is 0 Å². The molecule has 0 aliphatic heterocycles. The molecule has 0 radical (unpaired) electrons. The van der Waals surface area contributed by atoms with Gasteiger partial charge in [0.2, 0.25) is 0 Å². The molecule has 5 nitrogen and oxygen atoms in total. The Balaban J connectivity index is 2.78. The number of hydrogen-bond acceptors (Lipinski definition) is 4. The number of benzene rings is 1. The van der Waals surface area contributed by atoms with Gasteiger partial charge in [-0.3, -0.25) is 4.79 Å². The highest BCUT2D eigenvalue weighted by molar-refractivity contribution is 8.13. The van der Waals surface area contributed by atoms with E-state index in [0.717, 1.165) is 13.1 Å². The molecule has 1 rings (SSSR count). The Morgan fingerprint density at radius 3 is 2.43 bits per heavy atom. The van der Waals surface area contributed by atoms with Gasteiger partial charge in [-0.05, 0) is 31.3 Å². The van der Waals surface area contributed by atoms with Gasteiger partial charge < -0.3 is 10.2 Å². The van der Waals surface area contributed by atoms with E-state index in [-0.39, 0.29) is 15.5 Å². The first-order chi connectivity index (χ1) is 9.79. The van der Waals surface area contributed by atoms with Crippen LogP contribution in [0, 0.1) is 0 Å². The molecule has 0 saturated carbocycles. The summed E-state index contributed by atoms with van der Waals surface area (Å²) in [6.45, 7) is 7.03. The first-order valence-corrected chi connectivity index (χ1v) is 9.23. The van der Waals surface area contributed by atoms with Crippen LogP contribution >= 0.6 is 22.3 Å². The molecule has 0 aromatic heterocycles. The minimum atomic E-state index is -3.89. The molecule has 0 fully saturated rings. The van der Waals surface area contributed by atoms with Crippen LogP contribution in [0.2, 0.25) is 5.02 Å². The quantitative estimate of drug-likeness (QED) is 0.764. The standard InChI is InChI=1S/C13H18Cl2N2O3S/c1-3-17(4-2)8-7-16-13(18)11-9-10(21(15,19)20)5-6-12(11)14/h5-6,9H,3-4,7-8H2,1-2H3,(H,16,18). The summed E-state index contributed by atoms with van der Waals surface area (Å²) in [5.74, 6) is -0.422. The van der Waals surface area contributed by atoms with Crippen molar-refractivity contribution in [1.29, 1.82) is 0 Å². The molecular weight excluding hydrogens is 335 g/mol. The van der Waals surface area contributed by atoms with Gasteiger partial charge in [-0.2, -0.15) is 0 Å². The van der Waals surface area contributed by atoms with E-state index in [4.69, 9.17) is 22.3 Å². The lowest BCUT2D eigenvalue weighted by Gasteiger charge is -2.18. The Morgan fingerprint density at radius 2 is 1.90 bits per heavy atom. The lowest BCUT2D eigenvalue weighted by molar-refractivity contribution is 0.0949. The molecule has 1 aromatic carbocycles. The zero-order chi connectivity index (χ0) is 16.0. The van der Waals surface area contributed by atoms with Crippen molar-refractivity contribution in [3.8, 4) is 0 Å². The second-order valence-electron chi connectivity index (χ2n) is 4.36. The van der Waals surface area contributed by atoms with Crippen molar-refractivity contribution < 1.29 is 13.2 Å². The highest BCUT2D eigenvalue weighted by Crippen LogP contribution is 2.22. The third-order valence-electron chi connectivity index (χ3n) is 3.07. The highest BCUT2D eigenvalue weighted by Gasteiger charge is 2.16. The maximum Gasteiger partial charge on any atom is 0.261 e. The number of amides is 1. The van der Waals surface area contributed by atoms with Crippen LogP contribution in [0.15, 0.2) is 23.1 Å². The van der Waals surface area contributed by atoms with Crippen LogP contribution in [0.1, 0.15) is 24.2 Å². The summed E-state index contributed by atoms with van der Waals surface area (Å²) in [5, 5.41) is 2.89. The van der Waals surface area contributed by atoms with E-state index < -0.39 is 15.0 Å². The number of carbonyl (C=O) groups is 1. The number of halogens is 2. The van der Waals surface area contributed by atoms with Gasteiger partial charge in [0, 0.05) is 23.8 Å². The lowest BCUT2D eigenvalue weighted by atomic mass is 10.2. The number of nitrogens with zero attached hydrogens (tertiary/aromatic N) is 1. The average Bonchev–Trinajstić information content (AvgIpc) is 2.42. The number of nitrogens with one attached hydrogen (secondary N) is 1. The molecule has 0 aliphatic rings. The number of likely N-dealkylation sites (N-methyl/N-ethyl adjacent to an activating group) is 1. The molecule has 0 aliphatic carbocycles. The van der Waals surface area contributed by atoms with E-state index in [9.17, 15) is 13.2 Å². The van der Waals surface area contributed by atoms with Gasteiger partial charge >= 0.3 is 0 Å². The number of hydrogen-bond donors (Lipinski definition) is 1. The third-order valence-corrected chi connectivity index (χ3v) is 4.75. The van der Waals surface area contributed by atoms with Gasteiger partial charge in [-0.1, -0.05) is 25.4 Å². The van der Waals surface area contributed by atoms with Gasteiger partial charge in [-0.25, -0.2) is 8.42 Å². The van der Waals surface area contributed by atoms with Crippen LogP contribution in [-0.4, -0.2) is 45.4 Å². The Kier molecular flexibility index (Phi) is 6.93. The van der Waals surface area contributed by atoms with Crippen molar-refractivity contribution >= 4 is 37.2 Å². The summed E-state index contributed by atoms with van der Waals surface area (Å²) < 4.78 is 22.6. The predicted molar refractivity (Wildman–Crippen MR) is 84.6 cm³/mol. The second kappa shape index (κ2) is 7.98. The van der Waals surface area contributed by atoms with Crippen molar-refractivity contribution in [2.24, 2.45) is 0 Å². The summed E-state index contributed by atoms with van der Waals surface area (Å²) in [6.07, 6.45) is 0. The van der Waals surface area contributed by atoms with Crippen LogP contribution in [0.25, 0.3) is 0 Å². The second-order valence-corrected chi connectivity index (χ2v) is 7.34. The zero-order valence-electron chi connectivity index (χ0n) is 11.9. The molecule has 1 amide bonds. The van der Waals surface area contributed by atoms with E-state index in [1.54, 1.807) is 0 Å². The predicted octanol–water partition coefficient (Wildman–Crippen LogP) is 2.34. The molecule has 0 heterocycles. The number of carbonyl (C=O) groups excluding carboxylic acids is 1. The van der Waals surface area contributed by atoms with E-state index in [1.807, 2.05) is 13.8 Å². The Labute approximate surface area is 134 Å². The number of rotatable bonds is 7. The molecule has 21 heavy (non-hydrogen) atoms. The van der Waals surface area contributed by atoms with E-state index in [0.29, 0.717) is 13.1 Å². The molecule has 0 saturated heterocycles. The summed E-state index contributed by atoms with van der Waals surface area (Å²) in [7, 11) is 1.37. The fourth-order valence-corrected chi connectivity index (χ4v) is 2.77. The van der Waals surface area contributed by atoms with Crippen molar-refractivity contribution in [2.45, 2.75) is 18.7 Å². The average molecular weight is 353 g/mol. The van der Waals surface area contributed by atoms with Crippen LogP contribution in [0.4, 0.5) is 0 Å². The lowest BCUT2D eigenvalue weighted by Crippen LogP contribution is -2.34. The molecule has 1 N–H and O–H groups in total. The van der Waals surface area contributed by atoms with Crippen molar-refractivity contribution in [1.82, 2.24) is 10.2 Å². The van der Waals surface area contributed by atoms with Crippen molar-refractivity contribution in [3.63, 3.8) is 0 Å². The SMILES string of the molecule is CCN(CC)CCNC(=O)c1cc(S(=O)(=O)Cl)ccc1Cl. The van der Waals surface area contributed by atoms with Crippen LogP contribution in [-0.2, 0) is 9.05 Å². The van der Waals surface area contributed by atoms with Gasteiger partial charge in [0.05, 0.1) is 15.5 Å². The molecule has 0 atom stereocenters. The zero-order valence-corrected chi connectivity index (χ0v) is 14.2. The van der Waals surface area contributed by atoms with E-state index in [1.165, 1.54) is 18.2 Å². The molecule has 0 bridgehead atoms. The van der Waals surface area contributed by atoms with E-state index in [2.05, 4.69) is 10.2 Å². The molecule has 0 spiro atoms. The van der Waals surface area contributed by atoms with Crippen molar-refractivity contribution in [3.05, 3.63) is 28.8 Å². The summed E-state index contributed by atoms with van der Waals surface area (Å²) in [4.78, 5) is 14.1. The van der Waals surface area contributed by atoms with Crippen LogP contribution < -0.4 is 5.32 Å². The minimum Gasteiger partial charge on any atom is -0.351 e. The molecule has 0 unspecified atom stereocenters. The fourth-order valence-electron chi connectivity index (χ4n) is 1.79. The van der Waals surface area contributed by atoms with Crippen LogP contribution in [0.5, 0.6) is 0 Å². The highest BCUT2D eigenvalue weighted by atomic mass is 35.7. The topological polar surface area (TPSA) is 66.5 Å². The van der Waals surface area contributed by atoms with Gasteiger partial charge in [-0.15, -0.1) is 0 Å². The first-order valence-electron chi connectivity index (χ1n) is 6.54. The summed E-state index contributed by atoms with van der Waals surface area (Å²) in [5.41, 5.74) is 0.0953. The summed E-state index contributed by atoms with van der Waals surface area (Å²) in [6, 6.07) is 3.78. The maximum absolute atomic E-state index is 12.1. The van der Waals surface area contributed by atoms with Gasteiger partial charge in [0.25, 0.3) is 15.0 Å². The fraction of sp³-hybridized carbons (Fsp3) is 0.462. The minimum absolute atomic E-state index is 0.0953.